The Kier molecular flexibility index (Phi) is 9.83. The molecule has 1 aliphatic carbocycles. The molecule has 290 valence electrons. The summed E-state index contributed by atoms with van der Waals surface area (Å²) in [5.74, 6) is 1.11. The number of hydrogen-bond donors (Lipinski definition) is 2. The van der Waals surface area contributed by atoms with Crippen molar-refractivity contribution in [1.82, 2.24) is 33.4 Å². The molecule has 0 amide bonds. The number of thiophene rings is 1. The lowest BCUT2D eigenvalue weighted by molar-refractivity contribution is -0.126. The van der Waals surface area contributed by atoms with Gasteiger partial charge in [-0.25, -0.2) is 4.98 Å². The number of nitrogens with one attached hydrogen (secondary N) is 2. The molecule has 54 heavy (non-hydrogen) atoms. The lowest BCUT2D eigenvalue weighted by Crippen LogP contribution is -2.54. The molecule has 2 atom stereocenters. The average molecular weight is 785 g/mol. The van der Waals surface area contributed by atoms with Crippen molar-refractivity contribution in [3.63, 3.8) is 0 Å². The van der Waals surface area contributed by atoms with Crippen LogP contribution >= 0.6 is 11.3 Å². The number of fused-ring (bicyclic) bond motifs is 2. The summed E-state index contributed by atoms with van der Waals surface area (Å²) in [5, 5.41) is 14.9. The highest BCUT2D eigenvalue weighted by Crippen LogP contribution is 2.44. The molecular formula is C37H47F3N10O2S2. The summed E-state index contributed by atoms with van der Waals surface area (Å²) in [4.78, 5) is 17.1. The van der Waals surface area contributed by atoms with E-state index in [9.17, 15) is 26.9 Å². The maximum atomic E-state index is 13.2. The van der Waals surface area contributed by atoms with Gasteiger partial charge >= 0.3 is 6.18 Å². The molecule has 3 saturated heterocycles. The van der Waals surface area contributed by atoms with E-state index in [0.29, 0.717) is 60.4 Å². The summed E-state index contributed by atoms with van der Waals surface area (Å²) in [6.45, 7) is 11.3. The summed E-state index contributed by atoms with van der Waals surface area (Å²) >= 11 is 1.08. The second-order valence-corrected chi connectivity index (χ2v) is 18.5. The number of aryl methyl sites for hydroxylation is 1. The molecule has 1 spiro atoms. The van der Waals surface area contributed by atoms with Crippen molar-refractivity contribution < 1.29 is 21.6 Å². The fraction of sp³-hybridized carbons (Fsp3) is 0.595. The summed E-state index contributed by atoms with van der Waals surface area (Å²) in [7, 11) is -1.72. The van der Waals surface area contributed by atoms with Gasteiger partial charge < -0.3 is 14.8 Å². The SMILES string of the molecule is CNc1nc(N2CCC3(CCN(Cc4ccc5c(cc(C#N)n5C[C@H](C)N5CCN(S(=O)(=O)NC6CC6)CC5)c4C)C3)C2)c2cc(CC(F)(F)F)sc2n1. The lowest BCUT2D eigenvalue weighted by atomic mass is 9.86. The fourth-order valence-electron chi connectivity index (χ4n) is 8.68. The standard InChI is InChI=1S/C37H47F3N10O2S2/c1-24(47-12-14-49(15-13-47)54(51,52)45-27-5-6-27)20-50-28(19-41)16-30-25(2)26(4-7-32(30)50)21-46-10-8-36(22-46)9-11-48(23-36)33-31-17-29(18-37(38,39)40)53-34(31)44-35(42-3)43-33/h4,7,16-17,24,27,45H,5-6,8-15,18,20-23H2,1-3H3,(H,42,43,44)/t24-,36?/m0/s1. The Morgan fingerprint density at radius 1 is 1.06 bits per heavy atom. The van der Waals surface area contributed by atoms with Crippen molar-refractivity contribution in [3.05, 3.63) is 46.0 Å². The van der Waals surface area contributed by atoms with Gasteiger partial charge in [-0.1, -0.05) is 6.07 Å². The number of halogens is 3. The summed E-state index contributed by atoms with van der Waals surface area (Å²) < 4.78 is 71.6. The van der Waals surface area contributed by atoms with Gasteiger partial charge in [-0.2, -0.15) is 40.9 Å². The van der Waals surface area contributed by atoms with Crippen molar-refractivity contribution in [2.75, 3.05) is 69.6 Å². The highest BCUT2D eigenvalue weighted by Gasteiger charge is 2.44. The first-order valence-electron chi connectivity index (χ1n) is 18.8. The number of anilines is 2. The molecule has 8 rings (SSSR count). The zero-order valence-corrected chi connectivity index (χ0v) is 32.5. The molecule has 3 aliphatic heterocycles. The minimum Gasteiger partial charge on any atom is -0.357 e. The first kappa shape index (κ1) is 37.4. The molecule has 1 aromatic carbocycles. The third-order valence-electron chi connectivity index (χ3n) is 11.8. The van der Waals surface area contributed by atoms with Gasteiger partial charge in [0.25, 0.3) is 10.2 Å². The van der Waals surface area contributed by atoms with Crippen molar-refractivity contribution in [2.24, 2.45) is 5.41 Å². The maximum Gasteiger partial charge on any atom is 0.393 e. The monoisotopic (exact) mass is 784 g/mol. The van der Waals surface area contributed by atoms with Crippen LogP contribution in [0.1, 0.15) is 54.3 Å². The molecular weight excluding hydrogens is 738 g/mol. The van der Waals surface area contributed by atoms with Crippen molar-refractivity contribution in [3.8, 4) is 6.07 Å². The zero-order chi connectivity index (χ0) is 38.0. The molecule has 4 fully saturated rings. The van der Waals surface area contributed by atoms with E-state index in [4.69, 9.17) is 4.98 Å². The quantitative estimate of drug-likeness (QED) is 0.214. The number of alkyl halides is 3. The molecule has 0 radical (unpaired) electrons. The normalized spacial score (nSPS) is 22.6. The minimum absolute atomic E-state index is 0.0662. The van der Waals surface area contributed by atoms with Gasteiger partial charge in [-0.3, -0.25) is 9.80 Å². The van der Waals surface area contributed by atoms with Crippen LogP contribution in [0.15, 0.2) is 24.3 Å². The Morgan fingerprint density at radius 3 is 2.52 bits per heavy atom. The zero-order valence-electron chi connectivity index (χ0n) is 30.9. The lowest BCUT2D eigenvalue weighted by Gasteiger charge is -2.37. The Morgan fingerprint density at radius 2 is 1.81 bits per heavy atom. The number of aromatic nitrogens is 3. The Hall–Kier alpha value is -3.53. The largest absolute Gasteiger partial charge is 0.393 e. The maximum absolute atomic E-state index is 13.2. The van der Waals surface area contributed by atoms with Gasteiger partial charge in [0, 0.05) is 99.2 Å². The van der Waals surface area contributed by atoms with Crippen LogP contribution in [0.4, 0.5) is 24.9 Å². The van der Waals surface area contributed by atoms with Crippen LogP contribution in [0.2, 0.25) is 0 Å². The van der Waals surface area contributed by atoms with E-state index < -0.39 is 22.8 Å². The second kappa shape index (κ2) is 14.2. The van der Waals surface area contributed by atoms with E-state index in [1.165, 1.54) is 11.1 Å². The van der Waals surface area contributed by atoms with E-state index >= 15 is 0 Å². The Labute approximate surface area is 318 Å². The topological polar surface area (TPSA) is 126 Å². The first-order chi connectivity index (χ1) is 25.7. The highest BCUT2D eigenvalue weighted by atomic mass is 32.2. The molecule has 2 N–H and O–H groups in total. The molecule has 6 heterocycles. The van der Waals surface area contributed by atoms with Gasteiger partial charge in [0.15, 0.2) is 0 Å². The number of nitrogens with zero attached hydrogens (tertiary/aromatic N) is 8. The molecule has 1 unspecified atom stereocenters. The van der Waals surface area contributed by atoms with Crippen LogP contribution in [0, 0.1) is 23.7 Å². The van der Waals surface area contributed by atoms with E-state index in [1.54, 1.807) is 17.4 Å². The van der Waals surface area contributed by atoms with Gasteiger partial charge in [0.05, 0.1) is 11.8 Å². The van der Waals surface area contributed by atoms with Crippen molar-refractivity contribution >= 4 is 54.4 Å². The number of likely N-dealkylation sites (tertiary alicyclic amines) is 1. The molecule has 4 aliphatic rings. The molecule has 4 aromatic rings. The van der Waals surface area contributed by atoms with Crippen LogP contribution in [-0.2, 0) is 29.7 Å². The van der Waals surface area contributed by atoms with Crippen LogP contribution in [0.3, 0.4) is 0 Å². The Balaban J connectivity index is 0.930. The van der Waals surface area contributed by atoms with E-state index in [0.717, 1.165) is 80.6 Å². The number of hydrogen-bond acceptors (Lipinski definition) is 10. The third-order valence-corrected chi connectivity index (χ3v) is 14.5. The van der Waals surface area contributed by atoms with Gasteiger partial charge in [0.1, 0.15) is 22.4 Å². The van der Waals surface area contributed by atoms with Crippen LogP contribution < -0.4 is 14.9 Å². The molecule has 17 heteroatoms. The van der Waals surface area contributed by atoms with E-state index in [-0.39, 0.29) is 22.4 Å². The average Bonchev–Trinajstić information content (AvgIpc) is 3.43. The van der Waals surface area contributed by atoms with Crippen LogP contribution in [0.25, 0.3) is 21.1 Å². The van der Waals surface area contributed by atoms with Gasteiger partial charge in [0.2, 0.25) is 5.95 Å². The van der Waals surface area contributed by atoms with Crippen LogP contribution in [-0.4, -0.2) is 115 Å². The van der Waals surface area contributed by atoms with E-state index in [1.807, 2.05) is 6.07 Å². The minimum atomic E-state index is -4.28. The first-order valence-corrected chi connectivity index (χ1v) is 21.0. The molecule has 0 bridgehead atoms. The van der Waals surface area contributed by atoms with Crippen LogP contribution in [0.5, 0.6) is 0 Å². The summed E-state index contributed by atoms with van der Waals surface area (Å²) in [5.41, 5.74) is 4.11. The number of piperazine rings is 1. The Bertz CT molecular complexity index is 2200. The summed E-state index contributed by atoms with van der Waals surface area (Å²) in [6.07, 6.45) is -1.42. The predicted octanol–water partition coefficient (Wildman–Crippen LogP) is 5.08. The summed E-state index contributed by atoms with van der Waals surface area (Å²) in [6, 6.07) is 10.6. The second-order valence-electron chi connectivity index (χ2n) is 15.7. The number of nitriles is 1. The smallest absolute Gasteiger partial charge is 0.357 e. The van der Waals surface area contributed by atoms with E-state index in [2.05, 4.69) is 66.3 Å². The number of benzene rings is 1. The van der Waals surface area contributed by atoms with Crippen molar-refractivity contribution in [1.29, 1.82) is 5.26 Å². The predicted molar refractivity (Wildman–Crippen MR) is 205 cm³/mol. The fourth-order valence-corrected chi connectivity index (χ4v) is 11.2. The van der Waals surface area contributed by atoms with Gasteiger partial charge in [-0.15, -0.1) is 11.3 Å². The number of rotatable bonds is 11. The molecule has 12 nitrogen and oxygen atoms in total. The highest BCUT2D eigenvalue weighted by molar-refractivity contribution is 7.87. The molecule has 3 aromatic heterocycles. The third kappa shape index (κ3) is 7.53. The molecule has 1 saturated carbocycles. The van der Waals surface area contributed by atoms with Crippen molar-refractivity contribution in [2.45, 2.75) is 77.3 Å². The van der Waals surface area contributed by atoms with Gasteiger partial charge in [-0.05, 0) is 75.4 Å².